The third-order valence-corrected chi connectivity index (χ3v) is 3.97. The van der Waals surface area contributed by atoms with Gasteiger partial charge in [-0.05, 0) is 22.0 Å². The summed E-state index contributed by atoms with van der Waals surface area (Å²) in [6, 6.07) is 4.12. The first kappa shape index (κ1) is 15.1. The van der Waals surface area contributed by atoms with E-state index in [1.807, 2.05) is 0 Å². The molecule has 20 heavy (non-hydrogen) atoms. The molecule has 106 valence electrons. The number of nitrogens with one attached hydrogen (secondary N) is 1. The van der Waals surface area contributed by atoms with Crippen molar-refractivity contribution in [2.75, 3.05) is 7.11 Å². The summed E-state index contributed by atoms with van der Waals surface area (Å²) < 4.78 is 19.7. The highest BCUT2D eigenvalue weighted by atomic mass is 79.9. The molecule has 8 heteroatoms. The number of nitrogens with two attached hydrogens (primary N) is 1. The molecule has 0 aliphatic carbocycles. The maximum Gasteiger partial charge on any atom is 0.216 e. The number of aromatic nitrogens is 2. The fourth-order valence-corrected chi connectivity index (χ4v) is 2.20. The second-order valence-electron chi connectivity index (χ2n) is 3.85. The lowest BCUT2D eigenvalue weighted by Gasteiger charge is -2.17. The highest BCUT2D eigenvalue weighted by Crippen LogP contribution is 2.32. The fourth-order valence-electron chi connectivity index (χ4n) is 1.72. The van der Waals surface area contributed by atoms with Crippen LogP contribution in [0.25, 0.3) is 0 Å². The van der Waals surface area contributed by atoms with Gasteiger partial charge in [-0.25, -0.2) is 19.8 Å². The van der Waals surface area contributed by atoms with E-state index in [2.05, 4.69) is 31.3 Å². The van der Waals surface area contributed by atoms with Crippen molar-refractivity contribution in [2.45, 2.75) is 6.04 Å². The van der Waals surface area contributed by atoms with Gasteiger partial charge < -0.3 is 4.74 Å². The van der Waals surface area contributed by atoms with Crippen LogP contribution in [0.4, 0.5) is 4.39 Å². The summed E-state index contributed by atoms with van der Waals surface area (Å²) in [6.07, 6.45) is 1.32. The van der Waals surface area contributed by atoms with Crippen LogP contribution in [0.5, 0.6) is 5.88 Å². The second kappa shape index (κ2) is 6.45. The minimum atomic E-state index is -0.669. The van der Waals surface area contributed by atoms with E-state index in [4.69, 9.17) is 22.2 Å². The van der Waals surface area contributed by atoms with Gasteiger partial charge in [-0.1, -0.05) is 17.7 Å². The Balaban J connectivity index is 2.49. The Bertz CT molecular complexity index is 628. The van der Waals surface area contributed by atoms with Crippen LogP contribution in [0.2, 0.25) is 5.02 Å². The zero-order valence-electron chi connectivity index (χ0n) is 10.4. The molecular formula is C12H11BrClFN4O. The van der Waals surface area contributed by atoms with Crippen molar-refractivity contribution in [3.05, 3.63) is 51.1 Å². The second-order valence-corrected chi connectivity index (χ2v) is 5.08. The van der Waals surface area contributed by atoms with Gasteiger partial charge in [-0.15, -0.1) is 0 Å². The molecule has 0 spiro atoms. The number of hydrogen-bond donors (Lipinski definition) is 2. The van der Waals surface area contributed by atoms with E-state index in [-0.39, 0.29) is 10.6 Å². The van der Waals surface area contributed by atoms with Crippen LogP contribution in [-0.4, -0.2) is 17.1 Å². The topological polar surface area (TPSA) is 73.1 Å². The van der Waals surface area contributed by atoms with Gasteiger partial charge in [0, 0.05) is 16.1 Å². The first-order valence-electron chi connectivity index (χ1n) is 5.54. The highest BCUT2D eigenvalue weighted by Gasteiger charge is 2.21. The molecule has 1 heterocycles. The first-order valence-corrected chi connectivity index (χ1v) is 6.71. The fraction of sp³-hybridized carbons (Fsp3) is 0.167. The molecule has 0 fully saturated rings. The summed E-state index contributed by atoms with van der Waals surface area (Å²) in [7, 11) is 1.48. The van der Waals surface area contributed by atoms with Crippen molar-refractivity contribution in [1.29, 1.82) is 0 Å². The molecule has 0 saturated heterocycles. The summed E-state index contributed by atoms with van der Waals surface area (Å²) in [5.41, 5.74) is 3.26. The molecule has 0 bridgehead atoms. The zero-order chi connectivity index (χ0) is 14.7. The number of halogens is 3. The Morgan fingerprint density at radius 2 is 2.20 bits per heavy atom. The van der Waals surface area contributed by atoms with Crippen LogP contribution in [-0.2, 0) is 0 Å². The first-order chi connectivity index (χ1) is 9.58. The number of hydrazine groups is 1. The van der Waals surface area contributed by atoms with Crippen molar-refractivity contribution >= 4 is 27.5 Å². The smallest absolute Gasteiger partial charge is 0.216 e. The van der Waals surface area contributed by atoms with Gasteiger partial charge in [-0.2, -0.15) is 0 Å². The summed E-state index contributed by atoms with van der Waals surface area (Å²) in [4.78, 5) is 7.97. The number of benzene rings is 1. The van der Waals surface area contributed by atoms with Crippen molar-refractivity contribution in [2.24, 2.45) is 5.84 Å². The molecule has 1 aromatic carbocycles. The number of methoxy groups -OCH3 is 1. The molecule has 2 aromatic rings. The van der Waals surface area contributed by atoms with Gasteiger partial charge in [0.15, 0.2) is 0 Å². The van der Waals surface area contributed by atoms with E-state index < -0.39 is 11.9 Å². The van der Waals surface area contributed by atoms with Gasteiger partial charge in [-0.3, -0.25) is 5.84 Å². The van der Waals surface area contributed by atoms with Crippen LogP contribution >= 0.6 is 27.5 Å². The van der Waals surface area contributed by atoms with Gasteiger partial charge >= 0.3 is 0 Å². The van der Waals surface area contributed by atoms with Crippen LogP contribution < -0.4 is 16.0 Å². The maximum absolute atomic E-state index is 14.2. The standard InChI is InChI=1S/C12H11BrClFN4O/c1-20-9-4-8(17-5-18-9)12(19-16)6-2-3-7(13)10(14)11(6)15/h2-5,12,19H,16H2,1H3. The average molecular weight is 362 g/mol. The van der Waals surface area contributed by atoms with E-state index in [9.17, 15) is 4.39 Å². The predicted molar refractivity (Wildman–Crippen MR) is 76.9 cm³/mol. The SMILES string of the molecule is COc1cc(C(NN)c2ccc(Br)c(Cl)c2F)ncn1. The van der Waals surface area contributed by atoms with Crippen LogP contribution in [0.15, 0.2) is 29.0 Å². The van der Waals surface area contributed by atoms with Gasteiger partial charge in [0.25, 0.3) is 0 Å². The monoisotopic (exact) mass is 360 g/mol. The molecule has 1 aromatic heterocycles. The van der Waals surface area contributed by atoms with Crippen molar-refractivity contribution in [3.63, 3.8) is 0 Å². The minimum absolute atomic E-state index is 0.0104. The van der Waals surface area contributed by atoms with E-state index in [1.54, 1.807) is 18.2 Å². The highest BCUT2D eigenvalue weighted by molar-refractivity contribution is 9.10. The summed E-state index contributed by atoms with van der Waals surface area (Å²) in [5.74, 6) is 5.30. The largest absolute Gasteiger partial charge is 0.481 e. The van der Waals surface area contributed by atoms with Crippen LogP contribution in [0.1, 0.15) is 17.3 Å². The number of rotatable bonds is 4. The van der Waals surface area contributed by atoms with Gasteiger partial charge in [0.2, 0.25) is 5.88 Å². The third kappa shape index (κ3) is 2.90. The van der Waals surface area contributed by atoms with Crippen molar-refractivity contribution in [1.82, 2.24) is 15.4 Å². The Kier molecular flexibility index (Phi) is 4.87. The quantitative estimate of drug-likeness (QED) is 0.497. The molecule has 0 aliphatic heterocycles. The lowest BCUT2D eigenvalue weighted by Crippen LogP contribution is -2.30. The molecule has 0 amide bonds. The normalized spacial score (nSPS) is 12.2. The summed E-state index contributed by atoms with van der Waals surface area (Å²) in [6.45, 7) is 0. The molecule has 1 atom stereocenters. The number of nitrogens with zero attached hydrogens (tertiary/aromatic N) is 2. The van der Waals surface area contributed by atoms with E-state index >= 15 is 0 Å². The van der Waals surface area contributed by atoms with Crippen LogP contribution in [0.3, 0.4) is 0 Å². The Morgan fingerprint density at radius 3 is 2.85 bits per heavy atom. The average Bonchev–Trinajstić information content (AvgIpc) is 2.48. The summed E-state index contributed by atoms with van der Waals surface area (Å²) in [5, 5.41) is -0.0104. The molecular weight excluding hydrogens is 351 g/mol. The van der Waals surface area contributed by atoms with Crippen molar-refractivity contribution < 1.29 is 9.13 Å². The maximum atomic E-state index is 14.2. The van der Waals surface area contributed by atoms with Crippen LogP contribution in [0, 0.1) is 5.82 Å². The molecule has 2 rings (SSSR count). The summed E-state index contributed by atoms with van der Waals surface area (Å²) >= 11 is 9.04. The van der Waals surface area contributed by atoms with Crippen molar-refractivity contribution in [3.8, 4) is 5.88 Å². The minimum Gasteiger partial charge on any atom is -0.481 e. The molecule has 5 nitrogen and oxygen atoms in total. The van der Waals surface area contributed by atoms with Gasteiger partial charge in [0.1, 0.15) is 12.1 Å². The molecule has 0 aliphatic rings. The Morgan fingerprint density at radius 1 is 1.45 bits per heavy atom. The lowest BCUT2D eigenvalue weighted by atomic mass is 10.0. The Hall–Kier alpha value is -1.28. The lowest BCUT2D eigenvalue weighted by molar-refractivity contribution is 0.394. The van der Waals surface area contributed by atoms with E-state index in [0.29, 0.717) is 16.0 Å². The predicted octanol–water partition coefficient (Wildman–Crippen LogP) is 2.59. The number of hydrogen-bond acceptors (Lipinski definition) is 5. The molecule has 0 radical (unpaired) electrons. The Labute approximate surface area is 128 Å². The third-order valence-electron chi connectivity index (χ3n) is 2.71. The van der Waals surface area contributed by atoms with Gasteiger partial charge in [0.05, 0.1) is 23.9 Å². The zero-order valence-corrected chi connectivity index (χ0v) is 12.7. The number of ether oxygens (including phenoxy) is 1. The molecule has 0 saturated carbocycles. The molecule has 1 unspecified atom stereocenters. The van der Waals surface area contributed by atoms with E-state index in [0.717, 1.165) is 0 Å². The molecule has 3 N–H and O–H groups in total. The van der Waals surface area contributed by atoms with E-state index in [1.165, 1.54) is 13.4 Å².